The Morgan fingerprint density at radius 3 is 2.77 bits per heavy atom. The van der Waals surface area contributed by atoms with Crippen LogP contribution in [0.3, 0.4) is 0 Å². The first kappa shape index (κ1) is 16.8. The first-order chi connectivity index (χ1) is 12.7. The molecule has 132 valence electrons. The van der Waals surface area contributed by atoms with Gasteiger partial charge in [0.1, 0.15) is 0 Å². The van der Waals surface area contributed by atoms with Gasteiger partial charge in [-0.15, -0.1) is 0 Å². The van der Waals surface area contributed by atoms with Crippen LogP contribution in [-0.2, 0) is 4.79 Å². The molecule has 2 N–H and O–H groups in total. The van der Waals surface area contributed by atoms with Crippen LogP contribution in [0.5, 0.6) is 0 Å². The van der Waals surface area contributed by atoms with Gasteiger partial charge in [0.05, 0.1) is 6.04 Å². The summed E-state index contributed by atoms with van der Waals surface area (Å²) in [6.45, 7) is 1.67. The molecular formula is C21H21N3OS. The van der Waals surface area contributed by atoms with Crippen molar-refractivity contribution in [2.45, 2.75) is 18.4 Å². The Bertz CT molecular complexity index is 849. The fourth-order valence-corrected chi connectivity index (χ4v) is 4.04. The number of anilines is 1. The highest BCUT2D eigenvalue weighted by Crippen LogP contribution is 2.40. The SMILES string of the molecule is O=C(/C=C/c1ccccc1)NC(=S)N1CCC2c3ccccc3N[C@H]2C1. The number of hydrogen-bond acceptors (Lipinski definition) is 3. The molecule has 0 aliphatic carbocycles. The molecule has 1 unspecified atom stereocenters. The normalized spacial score (nSPS) is 21.0. The summed E-state index contributed by atoms with van der Waals surface area (Å²) in [7, 11) is 0. The van der Waals surface area contributed by atoms with Crippen LogP contribution < -0.4 is 10.6 Å². The average molecular weight is 363 g/mol. The van der Waals surface area contributed by atoms with Crippen LogP contribution in [0.2, 0.25) is 0 Å². The fourth-order valence-electron chi connectivity index (χ4n) is 3.77. The van der Waals surface area contributed by atoms with Crippen LogP contribution in [0.4, 0.5) is 5.69 Å². The molecule has 4 nitrogen and oxygen atoms in total. The molecule has 2 aromatic rings. The maximum absolute atomic E-state index is 12.1. The van der Waals surface area contributed by atoms with Crippen LogP contribution in [0.1, 0.15) is 23.5 Å². The second-order valence-corrected chi connectivity index (χ2v) is 7.10. The van der Waals surface area contributed by atoms with Gasteiger partial charge in [-0.2, -0.15) is 0 Å². The largest absolute Gasteiger partial charge is 0.380 e. The second kappa shape index (κ2) is 7.30. The molecule has 0 bridgehead atoms. The summed E-state index contributed by atoms with van der Waals surface area (Å²) >= 11 is 5.46. The molecule has 0 saturated carbocycles. The van der Waals surface area contributed by atoms with Gasteiger partial charge < -0.3 is 10.2 Å². The molecule has 26 heavy (non-hydrogen) atoms. The fraction of sp³-hybridized carbons (Fsp3) is 0.238. The van der Waals surface area contributed by atoms with Crippen molar-refractivity contribution in [2.24, 2.45) is 0 Å². The van der Waals surface area contributed by atoms with Gasteiger partial charge in [-0.05, 0) is 41.9 Å². The smallest absolute Gasteiger partial charge is 0.250 e. The first-order valence-electron chi connectivity index (χ1n) is 8.89. The predicted molar refractivity (Wildman–Crippen MR) is 109 cm³/mol. The lowest BCUT2D eigenvalue weighted by atomic mass is 9.89. The zero-order valence-corrected chi connectivity index (χ0v) is 15.2. The van der Waals surface area contributed by atoms with E-state index in [0.29, 0.717) is 17.1 Å². The molecule has 1 amide bonds. The lowest BCUT2D eigenvalue weighted by Gasteiger charge is -2.36. The van der Waals surface area contributed by atoms with E-state index in [0.717, 1.165) is 25.1 Å². The van der Waals surface area contributed by atoms with Crippen molar-refractivity contribution >= 4 is 35.0 Å². The predicted octanol–water partition coefficient (Wildman–Crippen LogP) is 3.38. The minimum Gasteiger partial charge on any atom is -0.380 e. The number of carbonyl (C=O) groups excluding carboxylic acids is 1. The number of likely N-dealkylation sites (tertiary alicyclic amines) is 1. The van der Waals surface area contributed by atoms with Gasteiger partial charge in [0.25, 0.3) is 0 Å². The van der Waals surface area contributed by atoms with Gasteiger partial charge in [0.2, 0.25) is 5.91 Å². The van der Waals surface area contributed by atoms with Gasteiger partial charge >= 0.3 is 0 Å². The van der Waals surface area contributed by atoms with Crippen molar-refractivity contribution in [1.82, 2.24) is 10.2 Å². The monoisotopic (exact) mass is 363 g/mol. The highest BCUT2D eigenvalue weighted by Gasteiger charge is 2.37. The minimum atomic E-state index is -0.191. The van der Waals surface area contributed by atoms with Gasteiger partial charge in [-0.3, -0.25) is 10.1 Å². The Morgan fingerprint density at radius 1 is 1.15 bits per heavy atom. The lowest BCUT2D eigenvalue weighted by Crippen LogP contribution is -2.51. The summed E-state index contributed by atoms with van der Waals surface area (Å²) in [5, 5.41) is 6.92. The summed E-state index contributed by atoms with van der Waals surface area (Å²) in [6, 6.07) is 18.6. The first-order valence-corrected chi connectivity index (χ1v) is 9.30. The van der Waals surface area contributed by atoms with Gasteiger partial charge in [0.15, 0.2) is 5.11 Å². The van der Waals surface area contributed by atoms with Crippen molar-refractivity contribution in [3.05, 3.63) is 71.8 Å². The van der Waals surface area contributed by atoms with E-state index in [2.05, 4.69) is 39.8 Å². The molecular weight excluding hydrogens is 342 g/mol. The number of nitrogens with zero attached hydrogens (tertiary/aromatic N) is 1. The lowest BCUT2D eigenvalue weighted by molar-refractivity contribution is -0.115. The number of nitrogens with one attached hydrogen (secondary N) is 2. The maximum Gasteiger partial charge on any atom is 0.250 e. The number of fused-ring (bicyclic) bond motifs is 3. The zero-order chi connectivity index (χ0) is 17.9. The molecule has 4 rings (SSSR count). The molecule has 0 aromatic heterocycles. The van der Waals surface area contributed by atoms with Crippen LogP contribution in [0.15, 0.2) is 60.7 Å². The Morgan fingerprint density at radius 2 is 1.92 bits per heavy atom. The van der Waals surface area contributed by atoms with Crippen molar-refractivity contribution < 1.29 is 4.79 Å². The van der Waals surface area contributed by atoms with E-state index in [-0.39, 0.29) is 5.91 Å². The molecule has 0 spiro atoms. The third-order valence-corrected chi connectivity index (χ3v) is 5.42. The van der Waals surface area contributed by atoms with E-state index in [9.17, 15) is 4.79 Å². The van der Waals surface area contributed by atoms with Gasteiger partial charge in [-0.25, -0.2) is 0 Å². The Kier molecular flexibility index (Phi) is 4.71. The summed E-state index contributed by atoms with van der Waals surface area (Å²) < 4.78 is 0. The van der Waals surface area contributed by atoms with Crippen LogP contribution in [0, 0.1) is 0 Å². The summed E-state index contributed by atoms with van der Waals surface area (Å²) in [4.78, 5) is 14.2. The van der Waals surface area contributed by atoms with Crippen molar-refractivity contribution in [1.29, 1.82) is 0 Å². The Hall–Kier alpha value is -2.66. The molecule has 2 aliphatic rings. The Labute approximate surface area is 158 Å². The van der Waals surface area contributed by atoms with E-state index < -0.39 is 0 Å². The standard InChI is InChI=1S/C21H21N3OS/c25-20(11-10-15-6-2-1-3-7-15)23-21(26)24-13-12-17-16-8-4-5-9-18(16)22-19(17)14-24/h1-11,17,19,22H,12-14H2,(H,23,25,26)/b11-10+/t17?,19-/m0/s1. The maximum atomic E-state index is 12.1. The second-order valence-electron chi connectivity index (χ2n) is 6.72. The van der Waals surface area contributed by atoms with Gasteiger partial charge in [0, 0.05) is 30.8 Å². The molecule has 2 heterocycles. The molecule has 1 saturated heterocycles. The topological polar surface area (TPSA) is 44.4 Å². The van der Waals surface area contributed by atoms with Crippen molar-refractivity contribution in [3.8, 4) is 0 Å². The molecule has 0 radical (unpaired) electrons. The highest BCUT2D eigenvalue weighted by atomic mass is 32.1. The van der Waals surface area contributed by atoms with E-state index in [1.807, 2.05) is 30.3 Å². The third-order valence-electron chi connectivity index (χ3n) is 5.06. The number of benzene rings is 2. The number of piperidine rings is 1. The number of amides is 1. The molecule has 1 fully saturated rings. The number of para-hydroxylation sites is 1. The molecule has 5 heteroatoms. The summed E-state index contributed by atoms with van der Waals surface area (Å²) in [5.41, 5.74) is 3.62. The number of carbonyl (C=O) groups is 1. The minimum absolute atomic E-state index is 0.191. The van der Waals surface area contributed by atoms with E-state index in [1.165, 1.54) is 17.3 Å². The number of thiocarbonyl (C=S) groups is 1. The van der Waals surface area contributed by atoms with E-state index >= 15 is 0 Å². The number of hydrogen-bond donors (Lipinski definition) is 2. The van der Waals surface area contributed by atoms with Crippen molar-refractivity contribution in [3.63, 3.8) is 0 Å². The molecule has 2 atom stereocenters. The molecule has 2 aromatic carbocycles. The van der Waals surface area contributed by atoms with Crippen LogP contribution >= 0.6 is 12.2 Å². The highest BCUT2D eigenvalue weighted by molar-refractivity contribution is 7.80. The average Bonchev–Trinajstić information content (AvgIpc) is 3.05. The Balaban J connectivity index is 1.34. The van der Waals surface area contributed by atoms with Crippen molar-refractivity contribution in [2.75, 3.05) is 18.4 Å². The summed E-state index contributed by atoms with van der Waals surface area (Å²) in [5.74, 6) is 0.336. The van der Waals surface area contributed by atoms with Gasteiger partial charge in [-0.1, -0.05) is 48.5 Å². The zero-order valence-electron chi connectivity index (χ0n) is 14.4. The third kappa shape index (κ3) is 3.48. The van der Waals surface area contributed by atoms with E-state index in [4.69, 9.17) is 12.2 Å². The number of rotatable bonds is 2. The van der Waals surface area contributed by atoms with E-state index in [1.54, 1.807) is 6.08 Å². The van der Waals surface area contributed by atoms with Crippen LogP contribution in [0.25, 0.3) is 6.08 Å². The quantitative estimate of drug-likeness (QED) is 0.634. The summed E-state index contributed by atoms with van der Waals surface area (Å²) in [6.07, 6.45) is 4.35. The molecule has 2 aliphatic heterocycles. The van der Waals surface area contributed by atoms with Crippen LogP contribution in [-0.4, -0.2) is 35.1 Å².